The van der Waals surface area contributed by atoms with E-state index in [1.807, 2.05) is 0 Å². The van der Waals surface area contributed by atoms with E-state index >= 15 is 0 Å². The summed E-state index contributed by atoms with van der Waals surface area (Å²) in [5.41, 5.74) is 0.665. The number of nitrogens with zero attached hydrogens (tertiary/aromatic N) is 1. The molecule has 0 radical (unpaired) electrons. The molecule has 92 valence electrons. The van der Waals surface area contributed by atoms with Gasteiger partial charge in [0.25, 0.3) is 0 Å². The molecular formula is C11H11Cl3N2S. The Kier molecular flexibility index (Phi) is 4.47. The molecule has 1 unspecified atom stereocenters. The van der Waals surface area contributed by atoms with Crippen molar-refractivity contribution >= 4 is 57.4 Å². The van der Waals surface area contributed by atoms with Crippen molar-refractivity contribution in [2.24, 2.45) is 4.99 Å². The lowest BCUT2D eigenvalue weighted by molar-refractivity contribution is 0.720. The summed E-state index contributed by atoms with van der Waals surface area (Å²) in [7, 11) is 0. The van der Waals surface area contributed by atoms with E-state index in [1.165, 1.54) is 0 Å². The van der Waals surface area contributed by atoms with E-state index < -0.39 is 0 Å². The molecule has 2 rings (SSSR count). The predicted octanol–water partition coefficient (Wildman–Crippen LogP) is 4.94. The van der Waals surface area contributed by atoms with Crippen molar-refractivity contribution in [3.8, 4) is 0 Å². The third kappa shape index (κ3) is 3.44. The molecule has 1 heterocycles. The Hall–Kier alpha value is -0.0900. The Morgan fingerprint density at radius 1 is 1.29 bits per heavy atom. The molecule has 1 aliphatic rings. The number of benzene rings is 1. The van der Waals surface area contributed by atoms with E-state index in [4.69, 9.17) is 34.8 Å². The third-order valence-corrected chi connectivity index (χ3v) is 4.09. The monoisotopic (exact) mass is 308 g/mol. The lowest BCUT2D eigenvalue weighted by atomic mass is 10.3. The second-order valence-corrected chi connectivity index (χ2v) is 6.12. The van der Waals surface area contributed by atoms with Crippen LogP contribution >= 0.6 is 46.6 Å². The van der Waals surface area contributed by atoms with Gasteiger partial charge in [0.2, 0.25) is 0 Å². The van der Waals surface area contributed by atoms with Crippen molar-refractivity contribution in [2.45, 2.75) is 19.4 Å². The fourth-order valence-corrected chi connectivity index (χ4v) is 3.46. The van der Waals surface area contributed by atoms with Crippen LogP contribution in [0.25, 0.3) is 0 Å². The molecule has 0 aliphatic carbocycles. The number of rotatable bonds is 1. The van der Waals surface area contributed by atoms with Crippen LogP contribution in [0.15, 0.2) is 17.1 Å². The molecule has 6 heteroatoms. The SMILES string of the molecule is CC1CCSC(Nc2c(Cl)cc(Cl)cc2Cl)=N1. The highest BCUT2D eigenvalue weighted by molar-refractivity contribution is 8.14. The molecule has 1 aromatic carbocycles. The number of hydrogen-bond acceptors (Lipinski definition) is 3. The average molecular weight is 310 g/mol. The number of halogens is 3. The van der Waals surface area contributed by atoms with Gasteiger partial charge in [0.15, 0.2) is 5.17 Å². The molecule has 0 amide bonds. The van der Waals surface area contributed by atoms with Crippen LogP contribution in [0.1, 0.15) is 13.3 Å². The van der Waals surface area contributed by atoms with Gasteiger partial charge in [-0.1, -0.05) is 46.6 Å². The average Bonchev–Trinajstić information content (AvgIpc) is 2.23. The highest BCUT2D eigenvalue weighted by atomic mass is 35.5. The molecule has 0 saturated heterocycles. The molecule has 1 aliphatic heterocycles. The molecule has 17 heavy (non-hydrogen) atoms. The van der Waals surface area contributed by atoms with Crippen molar-refractivity contribution in [1.82, 2.24) is 0 Å². The maximum atomic E-state index is 6.09. The Labute approximate surface area is 120 Å². The lowest BCUT2D eigenvalue weighted by Gasteiger charge is -2.19. The zero-order chi connectivity index (χ0) is 12.4. The summed E-state index contributed by atoms with van der Waals surface area (Å²) in [5.74, 6) is 1.05. The van der Waals surface area contributed by atoms with Crippen LogP contribution in [0, 0.1) is 0 Å². The minimum absolute atomic E-state index is 0.337. The van der Waals surface area contributed by atoms with Crippen molar-refractivity contribution in [1.29, 1.82) is 0 Å². The van der Waals surface area contributed by atoms with Crippen molar-refractivity contribution in [3.05, 3.63) is 27.2 Å². The number of nitrogens with one attached hydrogen (secondary N) is 1. The van der Waals surface area contributed by atoms with E-state index in [9.17, 15) is 0 Å². The first-order valence-electron chi connectivity index (χ1n) is 5.18. The first kappa shape index (κ1) is 13.3. The molecule has 0 aromatic heterocycles. The van der Waals surface area contributed by atoms with Crippen LogP contribution in [0.3, 0.4) is 0 Å². The van der Waals surface area contributed by atoms with Gasteiger partial charge in [-0.2, -0.15) is 0 Å². The number of thioether (sulfide) groups is 1. The van der Waals surface area contributed by atoms with Gasteiger partial charge in [-0.25, -0.2) is 0 Å². The maximum absolute atomic E-state index is 6.09. The molecule has 1 N–H and O–H groups in total. The zero-order valence-electron chi connectivity index (χ0n) is 9.14. The van der Waals surface area contributed by atoms with Crippen LogP contribution in [-0.4, -0.2) is 17.0 Å². The first-order valence-corrected chi connectivity index (χ1v) is 7.30. The lowest BCUT2D eigenvalue weighted by Crippen LogP contribution is -2.18. The largest absolute Gasteiger partial charge is 0.333 e. The van der Waals surface area contributed by atoms with Gasteiger partial charge in [-0.15, -0.1) is 0 Å². The Balaban J connectivity index is 2.24. The Morgan fingerprint density at radius 3 is 2.53 bits per heavy atom. The molecule has 0 bridgehead atoms. The fraction of sp³-hybridized carbons (Fsp3) is 0.364. The van der Waals surface area contributed by atoms with Gasteiger partial charge in [0.1, 0.15) is 0 Å². The minimum Gasteiger partial charge on any atom is -0.333 e. The van der Waals surface area contributed by atoms with E-state index in [0.717, 1.165) is 17.3 Å². The Morgan fingerprint density at radius 2 is 1.94 bits per heavy atom. The molecular weight excluding hydrogens is 299 g/mol. The maximum Gasteiger partial charge on any atom is 0.161 e. The first-order chi connectivity index (χ1) is 8.06. The molecule has 1 aromatic rings. The highest BCUT2D eigenvalue weighted by Gasteiger charge is 2.15. The van der Waals surface area contributed by atoms with Gasteiger partial charge in [-0.05, 0) is 25.5 Å². The molecule has 0 spiro atoms. The number of anilines is 1. The van der Waals surface area contributed by atoms with Crippen molar-refractivity contribution in [2.75, 3.05) is 11.1 Å². The van der Waals surface area contributed by atoms with Crippen LogP contribution in [0.5, 0.6) is 0 Å². The molecule has 2 nitrogen and oxygen atoms in total. The van der Waals surface area contributed by atoms with Gasteiger partial charge in [0.05, 0.1) is 21.8 Å². The van der Waals surface area contributed by atoms with Gasteiger partial charge >= 0.3 is 0 Å². The Bertz CT molecular complexity index is 439. The van der Waals surface area contributed by atoms with Crippen LogP contribution in [0.2, 0.25) is 15.1 Å². The topological polar surface area (TPSA) is 24.4 Å². The van der Waals surface area contributed by atoms with E-state index in [0.29, 0.717) is 26.8 Å². The summed E-state index contributed by atoms with van der Waals surface area (Å²) in [4.78, 5) is 4.50. The third-order valence-electron chi connectivity index (χ3n) is 2.35. The van der Waals surface area contributed by atoms with Crippen LogP contribution in [0.4, 0.5) is 5.69 Å². The smallest absolute Gasteiger partial charge is 0.161 e. The van der Waals surface area contributed by atoms with Gasteiger partial charge in [0, 0.05) is 10.8 Å². The number of aliphatic imine (C=N–C) groups is 1. The zero-order valence-corrected chi connectivity index (χ0v) is 12.2. The summed E-state index contributed by atoms with van der Waals surface area (Å²) in [6, 6.07) is 3.66. The van der Waals surface area contributed by atoms with Crippen LogP contribution < -0.4 is 5.32 Å². The summed E-state index contributed by atoms with van der Waals surface area (Å²) < 4.78 is 0. The minimum atomic E-state index is 0.337. The van der Waals surface area contributed by atoms with E-state index in [2.05, 4.69) is 17.2 Å². The number of hydrogen-bond donors (Lipinski definition) is 1. The molecule has 0 saturated carbocycles. The van der Waals surface area contributed by atoms with Gasteiger partial charge < -0.3 is 5.32 Å². The summed E-state index contributed by atoms with van der Waals surface area (Å²) in [5, 5.41) is 5.55. The summed E-state index contributed by atoms with van der Waals surface area (Å²) >= 11 is 19.7. The quantitative estimate of drug-likeness (QED) is 0.794. The number of amidine groups is 1. The van der Waals surface area contributed by atoms with Crippen molar-refractivity contribution in [3.63, 3.8) is 0 Å². The standard InChI is InChI=1S/C11H11Cl3N2S/c1-6-2-3-17-11(15-6)16-10-8(13)4-7(12)5-9(10)14/h4-6H,2-3H2,1H3,(H,15,16). The van der Waals surface area contributed by atoms with Crippen LogP contribution in [-0.2, 0) is 0 Å². The van der Waals surface area contributed by atoms with Crippen molar-refractivity contribution < 1.29 is 0 Å². The van der Waals surface area contributed by atoms with E-state index in [1.54, 1.807) is 23.9 Å². The molecule has 0 fully saturated rings. The van der Waals surface area contributed by atoms with E-state index in [-0.39, 0.29) is 0 Å². The highest BCUT2D eigenvalue weighted by Crippen LogP contribution is 2.34. The molecule has 1 atom stereocenters. The summed E-state index contributed by atoms with van der Waals surface area (Å²) in [6.45, 7) is 2.09. The second-order valence-electron chi connectivity index (χ2n) is 3.79. The fourth-order valence-electron chi connectivity index (χ4n) is 1.47. The normalized spacial score (nSPS) is 20.0. The van der Waals surface area contributed by atoms with Gasteiger partial charge in [-0.3, -0.25) is 4.99 Å². The predicted molar refractivity (Wildman–Crippen MR) is 79.1 cm³/mol. The summed E-state index contributed by atoms with van der Waals surface area (Å²) in [6.07, 6.45) is 1.10. The second kappa shape index (κ2) is 5.70.